The molecule has 116 valence electrons. The summed E-state index contributed by atoms with van der Waals surface area (Å²) in [4.78, 5) is 10.6. The normalized spacial score (nSPS) is 11.9. The predicted molar refractivity (Wildman–Crippen MR) is 85.8 cm³/mol. The van der Waals surface area contributed by atoms with Crippen LogP contribution in [0.25, 0.3) is 0 Å². The minimum Gasteiger partial charge on any atom is -0.489 e. The number of hydrogen-bond acceptors (Lipinski definition) is 3. The first-order chi connectivity index (χ1) is 10.6. The second kappa shape index (κ2) is 7.61. The molecule has 0 spiro atoms. The van der Waals surface area contributed by atoms with Crippen molar-refractivity contribution < 1.29 is 14.6 Å². The van der Waals surface area contributed by atoms with Gasteiger partial charge in [-0.25, -0.2) is 0 Å². The van der Waals surface area contributed by atoms with Crippen LogP contribution in [0.3, 0.4) is 0 Å². The van der Waals surface area contributed by atoms with Crippen LogP contribution in [0.1, 0.15) is 35.6 Å². The molecule has 1 unspecified atom stereocenters. The minimum atomic E-state index is -0.830. The summed E-state index contributed by atoms with van der Waals surface area (Å²) >= 11 is 0. The topological polar surface area (TPSA) is 72.6 Å². The van der Waals surface area contributed by atoms with Crippen molar-refractivity contribution >= 4 is 5.97 Å². The van der Waals surface area contributed by atoms with Crippen LogP contribution < -0.4 is 10.5 Å². The maximum absolute atomic E-state index is 10.6. The van der Waals surface area contributed by atoms with Crippen LogP contribution >= 0.6 is 0 Å². The highest BCUT2D eigenvalue weighted by Crippen LogP contribution is 2.25. The molecule has 1 atom stereocenters. The summed E-state index contributed by atoms with van der Waals surface area (Å²) in [5, 5.41) is 8.74. The number of hydrogen-bond donors (Lipinski definition) is 2. The quantitative estimate of drug-likeness (QED) is 0.821. The molecule has 0 aromatic heterocycles. The molecule has 0 saturated heterocycles. The number of ether oxygens (including phenoxy) is 1. The van der Waals surface area contributed by atoms with E-state index >= 15 is 0 Å². The lowest BCUT2D eigenvalue weighted by Crippen LogP contribution is -2.12. The summed E-state index contributed by atoms with van der Waals surface area (Å²) in [7, 11) is 0. The van der Waals surface area contributed by atoms with Crippen molar-refractivity contribution in [3.05, 3.63) is 65.2 Å². The summed E-state index contributed by atoms with van der Waals surface area (Å²) in [6.07, 6.45) is 0.478. The molecule has 22 heavy (non-hydrogen) atoms. The van der Waals surface area contributed by atoms with Gasteiger partial charge >= 0.3 is 5.97 Å². The second-order valence-electron chi connectivity index (χ2n) is 5.34. The number of nitrogens with two attached hydrogens (primary N) is 1. The number of aryl methyl sites for hydroxylation is 1. The number of rotatable bonds is 7. The SMILES string of the molecule is Cc1ccc(C(N)CCC(=O)O)cc1OCc1ccccc1. The lowest BCUT2D eigenvalue weighted by molar-refractivity contribution is -0.137. The van der Waals surface area contributed by atoms with Crippen molar-refractivity contribution in [2.45, 2.75) is 32.4 Å². The van der Waals surface area contributed by atoms with E-state index in [1.54, 1.807) is 0 Å². The van der Waals surface area contributed by atoms with E-state index in [2.05, 4.69) is 0 Å². The van der Waals surface area contributed by atoms with Crippen LogP contribution in [0.4, 0.5) is 0 Å². The molecule has 2 aromatic rings. The standard InChI is InChI=1S/C18H21NO3/c1-13-7-8-15(16(19)9-10-18(20)21)11-17(13)22-12-14-5-3-2-4-6-14/h2-8,11,16H,9-10,12,19H2,1H3,(H,20,21). The Balaban J connectivity index is 2.04. The van der Waals surface area contributed by atoms with E-state index in [-0.39, 0.29) is 12.5 Å². The van der Waals surface area contributed by atoms with Gasteiger partial charge in [0.05, 0.1) is 0 Å². The lowest BCUT2D eigenvalue weighted by Gasteiger charge is -2.15. The van der Waals surface area contributed by atoms with Crippen LogP contribution in [0, 0.1) is 6.92 Å². The number of benzene rings is 2. The molecule has 0 bridgehead atoms. The summed E-state index contributed by atoms with van der Waals surface area (Å²) in [5.74, 6) is -0.0461. The smallest absolute Gasteiger partial charge is 0.303 e. The van der Waals surface area contributed by atoms with Gasteiger partial charge in [-0.15, -0.1) is 0 Å². The molecule has 0 heterocycles. The van der Waals surface area contributed by atoms with Crippen LogP contribution in [0.15, 0.2) is 48.5 Å². The van der Waals surface area contributed by atoms with E-state index < -0.39 is 5.97 Å². The predicted octanol–water partition coefficient (Wildman–Crippen LogP) is 3.44. The van der Waals surface area contributed by atoms with Crippen molar-refractivity contribution in [1.82, 2.24) is 0 Å². The van der Waals surface area contributed by atoms with E-state index in [0.717, 1.165) is 22.4 Å². The van der Waals surface area contributed by atoms with Gasteiger partial charge in [-0.1, -0.05) is 42.5 Å². The van der Waals surface area contributed by atoms with E-state index in [1.165, 1.54) is 0 Å². The number of aliphatic carboxylic acids is 1. The average molecular weight is 299 g/mol. The van der Waals surface area contributed by atoms with Crippen molar-refractivity contribution in [1.29, 1.82) is 0 Å². The molecular weight excluding hydrogens is 278 g/mol. The monoisotopic (exact) mass is 299 g/mol. The number of carboxylic acids is 1. The summed E-state index contributed by atoms with van der Waals surface area (Å²) in [6, 6.07) is 15.4. The van der Waals surface area contributed by atoms with Crippen molar-refractivity contribution in [3.8, 4) is 5.75 Å². The third-order valence-electron chi connectivity index (χ3n) is 3.55. The summed E-state index contributed by atoms with van der Waals surface area (Å²) in [6.45, 7) is 2.47. The van der Waals surface area contributed by atoms with Crippen molar-refractivity contribution in [2.75, 3.05) is 0 Å². The zero-order valence-electron chi connectivity index (χ0n) is 12.7. The fourth-order valence-electron chi connectivity index (χ4n) is 2.18. The van der Waals surface area contributed by atoms with Gasteiger partial charge in [0.15, 0.2) is 0 Å². The fraction of sp³-hybridized carbons (Fsp3) is 0.278. The van der Waals surface area contributed by atoms with Crippen LogP contribution in [-0.2, 0) is 11.4 Å². The Labute approximate surface area is 130 Å². The van der Waals surface area contributed by atoms with Gasteiger partial charge in [-0.2, -0.15) is 0 Å². The highest BCUT2D eigenvalue weighted by atomic mass is 16.5. The van der Waals surface area contributed by atoms with Crippen LogP contribution in [0.2, 0.25) is 0 Å². The molecule has 4 heteroatoms. The van der Waals surface area contributed by atoms with E-state index in [0.29, 0.717) is 13.0 Å². The van der Waals surface area contributed by atoms with Crippen molar-refractivity contribution in [3.63, 3.8) is 0 Å². The van der Waals surface area contributed by atoms with Gasteiger partial charge in [0.1, 0.15) is 12.4 Å². The Hall–Kier alpha value is -2.33. The Bertz CT molecular complexity index is 625. The Morgan fingerprint density at radius 2 is 1.95 bits per heavy atom. The lowest BCUT2D eigenvalue weighted by atomic mass is 10.0. The van der Waals surface area contributed by atoms with Gasteiger partial charge in [0.2, 0.25) is 0 Å². The highest BCUT2D eigenvalue weighted by Gasteiger charge is 2.11. The molecule has 3 N–H and O–H groups in total. The van der Waals surface area contributed by atoms with Gasteiger partial charge in [0, 0.05) is 12.5 Å². The molecule has 0 amide bonds. The molecule has 2 aromatic carbocycles. The summed E-state index contributed by atoms with van der Waals surface area (Å²) in [5.41, 5.74) is 9.08. The minimum absolute atomic E-state index is 0.0647. The first-order valence-electron chi connectivity index (χ1n) is 7.31. The Kier molecular flexibility index (Phi) is 5.55. The molecule has 0 aliphatic rings. The molecule has 0 radical (unpaired) electrons. The third kappa shape index (κ3) is 4.60. The largest absolute Gasteiger partial charge is 0.489 e. The van der Waals surface area contributed by atoms with E-state index in [4.69, 9.17) is 15.6 Å². The van der Waals surface area contributed by atoms with E-state index in [1.807, 2.05) is 55.5 Å². The molecule has 0 aliphatic heterocycles. The maximum atomic E-state index is 10.6. The van der Waals surface area contributed by atoms with Crippen molar-refractivity contribution in [2.24, 2.45) is 5.73 Å². The molecule has 0 saturated carbocycles. The zero-order chi connectivity index (χ0) is 15.9. The first-order valence-corrected chi connectivity index (χ1v) is 7.31. The summed E-state index contributed by atoms with van der Waals surface area (Å²) < 4.78 is 5.87. The molecule has 0 aliphatic carbocycles. The fourth-order valence-corrected chi connectivity index (χ4v) is 2.18. The first kappa shape index (κ1) is 16.0. The molecular formula is C18H21NO3. The third-order valence-corrected chi connectivity index (χ3v) is 3.55. The highest BCUT2D eigenvalue weighted by molar-refractivity contribution is 5.66. The maximum Gasteiger partial charge on any atom is 0.303 e. The van der Waals surface area contributed by atoms with Crippen LogP contribution in [-0.4, -0.2) is 11.1 Å². The zero-order valence-corrected chi connectivity index (χ0v) is 12.7. The average Bonchev–Trinajstić information content (AvgIpc) is 2.52. The Morgan fingerprint density at radius 3 is 2.64 bits per heavy atom. The Morgan fingerprint density at radius 1 is 1.23 bits per heavy atom. The second-order valence-corrected chi connectivity index (χ2v) is 5.34. The van der Waals surface area contributed by atoms with Gasteiger partial charge in [-0.3, -0.25) is 4.79 Å². The van der Waals surface area contributed by atoms with Crippen LogP contribution in [0.5, 0.6) is 5.75 Å². The molecule has 4 nitrogen and oxygen atoms in total. The number of carbonyl (C=O) groups is 1. The van der Waals surface area contributed by atoms with E-state index in [9.17, 15) is 4.79 Å². The number of carboxylic acid groups (broad SMARTS) is 1. The molecule has 0 fully saturated rings. The van der Waals surface area contributed by atoms with Gasteiger partial charge in [-0.05, 0) is 36.1 Å². The molecule has 2 rings (SSSR count). The van der Waals surface area contributed by atoms with Gasteiger partial charge < -0.3 is 15.6 Å². The van der Waals surface area contributed by atoms with Gasteiger partial charge in [0.25, 0.3) is 0 Å².